The van der Waals surface area contributed by atoms with Gasteiger partial charge in [-0.25, -0.2) is 14.6 Å². The van der Waals surface area contributed by atoms with Gasteiger partial charge in [-0.1, -0.05) is 49.4 Å². The van der Waals surface area contributed by atoms with Crippen LogP contribution in [0.3, 0.4) is 0 Å². The molecule has 0 saturated heterocycles. The first kappa shape index (κ1) is 28.5. The van der Waals surface area contributed by atoms with Gasteiger partial charge >= 0.3 is 12.1 Å². The molecule has 1 atom stereocenters. The van der Waals surface area contributed by atoms with Crippen LogP contribution < -0.4 is 10.9 Å². The minimum atomic E-state index is -0.660. The minimum Gasteiger partial charge on any atom is -0.465 e. The van der Waals surface area contributed by atoms with Crippen LogP contribution in [0.15, 0.2) is 77.6 Å². The molecule has 8 heteroatoms. The quantitative estimate of drug-likeness (QED) is 0.278. The summed E-state index contributed by atoms with van der Waals surface area (Å²) in [5, 5.41) is 3.44. The zero-order valence-corrected chi connectivity index (χ0v) is 23.6. The molecule has 0 fully saturated rings. The van der Waals surface area contributed by atoms with E-state index < -0.39 is 17.7 Å². The lowest BCUT2D eigenvalue weighted by Crippen LogP contribution is -2.37. The number of benzene rings is 3. The van der Waals surface area contributed by atoms with Crippen LogP contribution in [0.1, 0.15) is 67.5 Å². The van der Waals surface area contributed by atoms with E-state index in [4.69, 9.17) is 14.5 Å². The topological polar surface area (TPSA) is 99.5 Å². The molecular weight excluding hydrogens is 506 g/mol. The maximum atomic E-state index is 14.2. The zero-order chi connectivity index (χ0) is 28.9. The fraction of sp³-hybridized carbons (Fsp3) is 0.312. The predicted molar refractivity (Wildman–Crippen MR) is 155 cm³/mol. The van der Waals surface area contributed by atoms with E-state index in [1.165, 1.54) is 7.11 Å². The number of esters is 1. The summed E-state index contributed by atoms with van der Waals surface area (Å²) in [4.78, 5) is 43.6. The number of para-hydroxylation sites is 1. The van der Waals surface area contributed by atoms with Gasteiger partial charge in [0.15, 0.2) is 0 Å². The van der Waals surface area contributed by atoms with Crippen molar-refractivity contribution in [3.63, 3.8) is 0 Å². The highest BCUT2D eigenvalue weighted by molar-refractivity contribution is 5.89. The fourth-order valence-electron chi connectivity index (χ4n) is 4.59. The third-order valence-electron chi connectivity index (χ3n) is 6.49. The van der Waals surface area contributed by atoms with Crippen LogP contribution in [0.4, 0.5) is 4.79 Å². The Kier molecular flexibility index (Phi) is 8.67. The van der Waals surface area contributed by atoms with Gasteiger partial charge in [-0.05, 0) is 81.5 Å². The number of alkyl carbamates (subject to hydrolysis) is 1. The van der Waals surface area contributed by atoms with E-state index in [1.54, 1.807) is 37.5 Å². The number of amides is 1. The van der Waals surface area contributed by atoms with Crippen molar-refractivity contribution in [3.8, 4) is 5.69 Å². The Morgan fingerprint density at radius 1 is 0.950 bits per heavy atom. The second-order valence-electron chi connectivity index (χ2n) is 10.6. The van der Waals surface area contributed by atoms with E-state index in [9.17, 15) is 14.4 Å². The van der Waals surface area contributed by atoms with Crippen LogP contribution in [-0.2, 0) is 22.3 Å². The monoisotopic (exact) mass is 541 g/mol. The SMILES string of the molecule is CCC(NC(=O)OC(C)(C)C)c1nc2cccc(CCc3ccc(C(=O)OC)cc3)c2c(=O)n1-c1ccccc1. The summed E-state index contributed by atoms with van der Waals surface area (Å²) in [6, 6.07) is 21.7. The zero-order valence-electron chi connectivity index (χ0n) is 23.6. The van der Waals surface area contributed by atoms with Crippen molar-refractivity contribution in [1.82, 2.24) is 14.9 Å². The van der Waals surface area contributed by atoms with Gasteiger partial charge in [-0.2, -0.15) is 0 Å². The van der Waals surface area contributed by atoms with Crippen LogP contribution in [-0.4, -0.2) is 34.3 Å². The van der Waals surface area contributed by atoms with Crippen molar-refractivity contribution >= 4 is 23.0 Å². The molecule has 0 aliphatic carbocycles. The third kappa shape index (κ3) is 6.57. The van der Waals surface area contributed by atoms with Crippen molar-refractivity contribution in [1.29, 1.82) is 0 Å². The van der Waals surface area contributed by atoms with Gasteiger partial charge in [0.1, 0.15) is 11.4 Å². The number of hydrogen-bond donors (Lipinski definition) is 1. The summed E-state index contributed by atoms with van der Waals surface area (Å²) in [7, 11) is 1.36. The molecule has 8 nitrogen and oxygen atoms in total. The fourth-order valence-corrected chi connectivity index (χ4v) is 4.59. The Morgan fingerprint density at radius 2 is 1.65 bits per heavy atom. The van der Waals surface area contributed by atoms with Crippen molar-refractivity contribution in [2.45, 2.75) is 58.6 Å². The second-order valence-corrected chi connectivity index (χ2v) is 10.6. The van der Waals surface area contributed by atoms with E-state index in [1.807, 2.05) is 67.6 Å². The Balaban J connectivity index is 1.76. The molecule has 0 aliphatic rings. The molecule has 0 aliphatic heterocycles. The lowest BCUT2D eigenvalue weighted by atomic mass is 10.00. The average molecular weight is 542 g/mol. The van der Waals surface area contributed by atoms with Gasteiger partial charge in [-0.15, -0.1) is 0 Å². The van der Waals surface area contributed by atoms with Crippen molar-refractivity contribution < 1.29 is 19.1 Å². The number of methoxy groups -OCH3 is 1. The van der Waals surface area contributed by atoms with Crippen LogP contribution in [0.2, 0.25) is 0 Å². The van der Waals surface area contributed by atoms with E-state index in [0.29, 0.717) is 47.2 Å². The first-order chi connectivity index (χ1) is 19.1. The maximum Gasteiger partial charge on any atom is 0.408 e. The molecule has 4 rings (SSSR count). The van der Waals surface area contributed by atoms with E-state index in [-0.39, 0.29) is 11.5 Å². The molecular formula is C32H35N3O5. The highest BCUT2D eigenvalue weighted by atomic mass is 16.6. The van der Waals surface area contributed by atoms with Crippen molar-refractivity contribution in [2.75, 3.05) is 7.11 Å². The molecule has 1 aromatic heterocycles. The summed E-state index contributed by atoms with van der Waals surface area (Å²) < 4.78 is 11.8. The predicted octanol–water partition coefficient (Wildman–Crippen LogP) is 5.93. The number of carbonyl (C=O) groups excluding carboxylic acids is 2. The van der Waals surface area contributed by atoms with Gasteiger partial charge in [0.25, 0.3) is 5.56 Å². The Labute approximate surface area is 234 Å². The van der Waals surface area contributed by atoms with E-state index >= 15 is 0 Å². The number of hydrogen-bond acceptors (Lipinski definition) is 6. The summed E-state index contributed by atoms with van der Waals surface area (Å²) >= 11 is 0. The second kappa shape index (κ2) is 12.2. The lowest BCUT2D eigenvalue weighted by molar-refractivity contribution is 0.0498. The number of fused-ring (bicyclic) bond motifs is 1. The van der Waals surface area contributed by atoms with Crippen LogP contribution in [0.5, 0.6) is 0 Å². The number of carbonyl (C=O) groups is 2. The van der Waals surface area contributed by atoms with Gasteiger partial charge in [-0.3, -0.25) is 9.36 Å². The van der Waals surface area contributed by atoms with Gasteiger partial charge in [0.2, 0.25) is 0 Å². The molecule has 40 heavy (non-hydrogen) atoms. The number of rotatable bonds is 8. The molecule has 1 heterocycles. The molecule has 3 aromatic carbocycles. The van der Waals surface area contributed by atoms with Gasteiger partial charge in [0, 0.05) is 0 Å². The number of aryl methyl sites for hydroxylation is 2. The summed E-state index contributed by atoms with van der Waals surface area (Å²) in [6.07, 6.45) is 1.21. The van der Waals surface area contributed by atoms with Crippen molar-refractivity contribution in [3.05, 3.63) is 106 Å². The first-order valence-electron chi connectivity index (χ1n) is 13.4. The molecule has 208 valence electrons. The number of aromatic nitrogens is 2. The summed E-state index contributed by atoms with van der Waals surface area (Å²) in [5.74, 6) is 0.0584. The maximum absolute atomic E-state index is 14.2. The van der Waals surface area contributed by atoms with Crippen molar-refractivity contribution in [2.24, 2.45) is 0 Å². The number of nitrogens with zero attached hydrogens (tertiary/aromatic N) is 2. The molecule has 0 spiro atoms. The largest absolute Gasteiger partial charge is 0.465 e. The molecule has 1 unspecified atom stereocenters. The Hall–Kier alpha value is -4.46. The normalized spacial score (nSPS) is 12.1. The van der Waals surface area contributed by atoms with Gasteiger partial charge < -0.3 is 14.8 Å². The minimum absolute atomic E-state index is 0.202. The molecule has 0 radical (unpaired) electrons. The van der Waals surface area contributed by atoms with Gasteiger partial charge in [0.05, 0.1) is 35.3 Å². The van der Waals surface area contributed by atoms with Crippen LogP contribution in [0.25, 0.3) is 16.6 Å². The third-order valence-corrected chi connectivity index (χ3v) is 6.49. The Bertz CT molecular complexity index is 1550. The highest BCUT2D eigenvalue weighted by Gasteiger charge is 2.25. The highest BCUT2D eigenvalue weighted by Crippen LogP contribution is 2.23. The van der Waals surface area contributed by atoms with E-state index in [0.717, 1.165) is 11.1 Å². The van der Waals surface area contributed by atoms with E-state index in [2.05, 4.69) is 5.32 Å². The lowest BCUT2D eigenvalue weighted by Gasteiger charge is -2.25. The Morgan fingerprint density at radius 3 is 2.27 bits per heavy atom. The van der Waals surface area contributed by atoms with Crippen LogP contribution >= 0.6 is 0 Å². The first-order valence-corrected chi connectivity index (χ1v) is 13.4. The summed E-state index contributed by atoms with van der Waals surface area (Å²) in [6.45, 7) is 7.33. The molecule has 0 saturated carbocycles. The summed E-state index contributed by atoms with van der Waals surface area (Å²) in [5.41, 5.74) is 2.76. The van der Waals surface area contributed by atoms with Crippen LogP contribution in [0, 0.1) is 0 Å². The standard InChI is InChI=1S/C32H35N3O5/c1-6-25(34-31(38)40-32(2,3)4)28-33-26-14-10-11-22(18-15-21-16-19-23(20-17-21)30(37)39-5)27(26)29(36)35(28)24-12-8-7-9-13-24/h7-14,16-17,19-20,25H,6,15,18H2,1-5H3,(H,34,38). The molecule has 4 aromatic rings. The number of ether oxygens (including phenoxy) is 2. The molecule has 1 amide bonds. The number of nitrogens with one attached hydrogen (secondary N) is 1. The smallest absolute Gasteiger partial charge is 0.408 e. The molecule has 1 N–H and O–H groups in total. The molecule has 0 bridgehead atoms. The average Bonchev–Trinajstić information content (AvgIpc) is 2.94.